The molecular weight excluding hydrogens is 252 g/mol. The molecule has 102 valence electrons. The average molecular weight is 268 g/mol. The minimum atomic E-state index is 0.143. The Morgan fingerprint density at radius 3 is 2.80 bits per heavy atom. The van der Waals surface area contributed by atoms with Crippen molar-refractivity contribution in [2.24, 2.45) is 0 Å². The van der Waals surface area contributed by atoms with Crippen molar-refractivity contribution < 1.29 is 14.3 Å². The van der Waals surface area contributed by atoms with E-state index in [0.29, 0.717) is 30.9 Å². The number of fused-ring (bicyclic) bond motifs is 1. The number of carbonyl (C=O) groups excluding carboxylic acids is 1. The first-order valence-corrected chi connectivity index (χ1v) is 6.71. The van der Waals surface area contributed by atoms with Gasteiger partial charge in [0.1, 0.15) is 18.1 Å². The number of rotatable bonds is 3. The number of ether oxygens (including phenoxy) is 2. The van der Waals surface area contributed by atoms with E-state index in [1.54, 1.807) is 0 Å². The fourth-order valence-electron chi connectivity index (χ4n) is 2.29. The SMILES string of the molecule is Cc1cc2c(cc1OCc1ccccc1)OCCC2=O. The van der Waals surface area contributed by atoms with Crippen molar-refractivity contribution in [2.75, 3.05) is 6.61 Å². The van der Waals surface area contributed by atoms with Gasteiger partial charge in [-0.05, 0) is 24.1 Å². The van der Waals surface area contributed by atoms with Crippen LogP contribution in [0.4, 0.5) is 0 Å². The zero-order valence-electron chi connectivity index (χ0n) is 11.4. The lowest BCUT2D eigenvalue weighted by molar-refractivity contribution is 0.0933. The van der Waals surface area contributed by atoms with Crippen LogP contribution in [-0.2, 0) is 6.61 Å². The van der Waals surface area contributed by atoms with Gasteiger partial charge in [0.2, 0.25) is 0 Å². The molecule has 3 rings (SSSR count). The van der Waals surface area contributed by atoms with Gasteiger partial charge in [-0.1, -0.05) is 30.3 Å². The van der Waals surface area contributed by atoms with E-state index < -0.39 is 0 Å². The molecule has 2 aromatic rings. The van der Waals surface area contributed by atoms with E-state index in [0.717, 1.165) is 16.9 Å². The van der Waals surface area contributed by atoms with Gasteiger partial charge in [-0.25, -0.2) is 0 Å². The zero-order valence-corrected chi connectivity index (χ0v) is 11.4. The maximum Gasteiger partial charge on any atom is 0.170 e. The molecule has 1 aliphatic heterocycles. The predicted molar refractivity (Wildman–Crippen MR) is 76.4 cm³/mol. The number of carbonyl (C=O) groups is 1. The van der Waals surface area contributed by atoms with Gasteiger partial charge in [0, 0.05) is 12.5 Å². The Balaban J connectivity index is 1.82. The summed E-state index contributed by atoms with van der Waals surface area (Å²) in [5.41, 5.74) is 2.74. The largest absolute Gasteiger partial charge is 0.492 e. The first-order valence-electron chi connectivity index (χ1n) is 6.71. The number of aryl methyl sites for hydroxylation is 1. The predicted octanol–water partition coefficient (Wildman–Crippen LogP) is 3.54. The van der Waals surface area contributed by atoms with Crippen molar-refractivity contribution in [1.29, 1.82) is 0 Å². The summed E-state index contributed by atoms with van der Waals surface area (Å²) in [6.45, 7) is 2.91. The molecule has 1 heterocycles. The molecule has 0 saturated heterocycles. The second-order valence-corrected chi connectivity index (χ2v) is 4.91. The van der Waals surface area contributed by atoms with Crippen molar-refractivity contribution in [3.8, 4) is 11.5 Å². The van der Waals surface area contributed by atoms with Gasteiger partial charge in [0.15, 0.2) is 5.78 Å². The van der Waals surface area contributed by atoms with Crippen molar-refractivity contribution in [3.63, 3.8) is 0 Å². The lowest BCUT2D eigenvalue weighted by atomic mass is 10.0. The number of ketones is 1. The third-order valence-corrected chi connectivity index (χ3v) is 3.40. The molecule has 3 heteroatoms. The Kier molecular flexibility index (Phi) is 3.42. The number of hydrogen-bond donors (Lipinski definition) is 0. The molecule has 0 fully saturated rings. The summed E-state index contributed by atoms with van der Waals surface area (Å²) < 4.78 is 11.4. The fourth-order valence-corrected chi connectivity index (χ4v) is 2.29. The molecule has 0 radical (unpaired) electrons. The topological polar surface area (TPSA) is 35.5 Å². The zero-order chi connectivity index (χ0) is 13.9. The number of Topliss-reactive ketones (excluding diaryl/α,β-unsaturated/α-hetero) is 1. The summed E-state index contributed by atoms with van der Waals surface area (Å²) >= 11 is 0. The Labute approximate surface area is 118 Å². The lowest BCUT2D eigenvalue weighted by Crippen LogP contribution is -2.15. The molecule has 1 aliphatic rings. The van der Waals surface area contributed by atoms with Crippen LogP contribution in [0.5, 0.6) is 11.5 Å². The minimum absolute atomic E-state index is 0.143. The van der Waals surface area contributed by atoms with Gasteiger partial charge in [0.25, 0.3) is 0 Å². The molecule has 0 saturated carbocycles. The van der Waals surface area contributed by atoms with Crippen LogP contribution in [0.25, 0.3) is 0 Å². The quantitative estimate of drug-likeness (QED) is 0.854. The van der Waals surface area contributed by atoms with Gasteiger partial charge in [-0.15, -0.1) is 0 Å². The highest BCUT2D eigenvalue weighted by Crippen LogP contribution is 2.32. The third kappa shape index (κ3) is 2.52. The van der Waals surface area contributed by atoms with Crippen LogP contribution in [0.15, 0.2) is 42.5 Å². The second kappa shape index (κ2) is 5.37. The van der Waals surface area contributed by atoms with E-state index >= 15 is 0 Å². The molecule has 0 bridgehead atoms. The molecule has 0 atom stereocenters. The Bertz CT molecular complexity index is 632. The molecule has 0 N–H and O–H groups in total. The highest BCUT2D eigenvalue weighted by atomic mass is 16.5. The standard InChI is InChI=1S/C17H16O3/c1-12-9-14-15(18)7-8-19-17(14)10-16(12)20-11-13-5-3-2-4-6-13/h2-6,9-10H,7-8,11H2,1H3. The molecule has 0 unspecified atom stereocenters. The Morgan fingerprint density at radius 2 is 2.00 bits per heavy atom. The van der Waals surface area contributed by atoms with Crippen LogP contribution in [0.3, 0.4) is 0 Å². The van der Waals surface area contributed by atoms with Gasteiger partial charge >= 0.3 is 0 Å². The number of benzene rings is 2. The third-order valence-electron chi connectivity index (χ3n) is 3.40. The maximum atomic E-state index is 11.8. The highest BCUT2D eigenvalue weighted by Gasteiger charge is 2.20. The molecule has 0 spiro atoms. The molecule has 2 aromatic carbocycles. The molecule has 0 amide bonds. The van der Waals surface area contributed by atoms with Crippen LogP contribution in [0.2, 0.25) is 0 Å². The summed E-state index contributed by atoms with van der Waals surface area (Å²) in [6, 6.07) is 13.7. The minimum Gasteiger partial charge on any atom is -0.492 e. The molecular formula is C17H16O3. The molecule has 0 aliphatic carbocycles. The monoisotopic (exact) mass is 268 g/mol. The first kappa shape index (κ1) is 12.7. The molecule has 3 nitrogen and oxygen atoms in total. The highest BCUT2D eigenvalue weighted by molar-refractivity contribution is 6.00. The summed E-state index contributed by atoms with van der Waals surface area (Å²) in [5.74, 6) is 1.54. The van der Waals surface area contributed by atoms with E-state index in [1.807, 2.05) is 49.4 Å². The van der Waals surface area contributed by atoms with E-state index in [4.69, 9.17) is 9.47 Å². The van der Waals surface area contributed by atoms with Gasteiger partial charge in [-0.3, -0.25) is 4.79 Å². The van der Waals surface area contributed by atoms with Crippen LogP contribution >= 0.6 is 0 Å². The lowest BCUT2D eigenvalue weighted by Gasteiger charge is -2.19. The summed E-state index contributed by atoms with van der Waals surface area (Å²) in [7, 11) is 0. The summed E-state index contributed by atoms with van der Waals surface area (Å²) in [6.07, 6.45) is 0.455. The van der Waals surface area contributed by atoms with Crippen molar-refractivity contribution >= 4 is 5.78 Å². The van der Waals surface area contributed by atoms with E-state index in [9.17, 15) is 4.79 Å². The Morgan fingerprint density at radius 1 is 1.20 bits per heavy atom. The van der Waals surface area contributed by atoms with Gasteiger partial charge in [-0.2, -0.15) is 0 Å². The first-order chi connectivity index (χ1) is 9.74. The molecule has 0 aromatic heterocycles. The molecule has 20 heavy (non-hydrogen) atoms. The summed E-state index contributed by atoms with van der Waals surface area (Å²) in [4.78, 5) is 11.8. The maximum absolute atomic E-state index is 11.8. The van der Waals surface area contributed by atoms with Gasteiger partial charge in [0.05, 0.1) is 12.2 Å². The normalized spacial score (nSPS) is 13.6. The Hall–Kier alpha value is -2.29. The fraction of sp³-hybridized carbons (Fsp3) is 0.235. The second-order valence-electron chi connectivity index (χ2n) is 4.91. The van der Waals surface area contributed by atoms with E-state index in [1.165, 1.54) is 0 Å². The smallest absolute Gasteiger partial charge is 0.170 e. The van der Waals surface area contributed by atoms with Crippen molar-refractivity contribution in [1.82, 2.24) is 0 Å². The van der Waals surface area contributed by atoms with Crippen molar-refractivity contribution in [2.45, 2.75) is 20.0 Å². The van der Waals surface area contributed by atoms with Gasteiger partial charge < -0.3 is 9.47 Å². The van der Waals surface area contributed by atoms with Crippen LogP contribution in [0, 0.1) is 6.92 Å². The van der Waals surface area contributed by atoms with Crippen molar-refractivity contribution in [3.05, 3.63) is 59.2 Å². The summed E-state index contributed by atoms with van der Waals surface area (Å²) in [5, 5.41) is 0. The average Bonchev–Trinajstić information content (AvgIpc) is 2.47. The van der Waals surface area contributed by atoms with Crippen LogP contribution in [0.1, 0.15) is 27.9 Å². The number of hydrogen-bond acceptors (Lipinski definition) is 3. The van der Waals surface area contributed by atoms with Crippen LogP contribution in [-0.4, -0.2) is 12.4 Å². The van der Waals surface area contributed by atoms with E-state index in [-0.39, 0.29) is 5.78 Å². The van der Waals surface area contributed by atoms with Crippen LogP contribution < -0.4 is 9.47 Å². The van der Waals surface area contributed by atoms with E-state index in [2.05, 4.69) is 0 Å².